The third-order valence-corrected chi connectivity index (χ3v) is 4.79. The van der Waals surface area contributed by atoms with Crippen molar-refractivity contribution in [1.29, 1.82) is 0 Å². The van der Waals surface area contributed by atoms with E-state index in [4.69, 9.17) is 0 Å². The molecule has 70 valence electrons. The summed E-state index contributed by atoms with van der Waals surface area (Å²) in [7, 11) is -3.38. The average Bonchev–Trinajstić information content (AvgIpc) is 2.31. The van der Waals surface area contributed by atoms with Crippen LogP contribution in [0.1, 0.15) is 13.3 Å². The first-order valence-corrected chi connectivity index (χ1v) is 6.29. The fourth-order valence-corrected chi connectivity index (χ4v) is 2.90. The highest BCUT2D eigenvalue weighted by Crippen LogP contribution is 2.20. The van der Waals surface area contributed by atoms with Crippen molar-refractivity contribution in [2.24, 2.45) is 5.92 Å². The Labute approximate surface area is 80.1 Å². The Morgan fingerprint density at radius 2 is 2.25 bits per heavy atom. The lowest BCUT2D eigenvalue weighted by Gasteiger charge is -2.13. The lowest BCUT2D eigenvalue weighted by atomic mass is 10.2. The number of nitrogens with zero attached hydrogens (tertiary/aromatic N) is 1. The van der Waals surface area contributed by atoms with Crippen molar-refractivity contribution in [3.05, 3.63) is 0 Å². The molecule has 0 N–H and O–H groups in total. The Morgan fingerprint density at radius 3 is 2.58 bits per heavy atom. The molecule has 0 spiro atoms. The van der Waals surface area contributed by atoms with Crippen LogP contribution < -0.4 is 0 Å². The Bertz CT molecular complexity index is 287. The average molecular weight is 256 g/mol. The molecule has 0 radical (unpaired) electrons. The van der Waals surface area contributed by atoms with E-state index in [-0.39, 0.29) is 16.5 Å². The van der Waals surface area contributed by atoms with Crippen LogP contribution >= 0.6 is 15.9 Å². The summed E-state index contributed by atoms with van der Waals surface area (Å²) < 4.78 is 23.2. The fraction of sp³-hybridized carbons (Fsp3) is 0.833. The zero-order chi connectivity index (χ0) is 9.35. The van der Waals surface area contributed by atoms with E-state index in [1.807, 2.05) is 6.92 Å². The summed E-state index contributed by atoms with van der Waals surface area (Å²) in [5.74, 6) is -0.145. The molecule has 0 aliphatic carbocycles. The van der Waals surface area contributed by atoms with Crippen LogP contribution in [0.25, 0.3) is 0 Å². The molecule has 1 atom stereocenters. The van der Waals surface area contributed by atoms with Crippen molar-refractivity contribution in [2.75, 3.05) is 11.2 Å². The van der Waals surface area contributed by atoms with E-state index in [2.05, 4.69) is 15.9 Å². The first kappa shape index (κ1) is 9.98. The van der Waals surface area contributed by atoms with Crippen LogP contribution in [0.5, 0.6) is 0 Å². The monoisotopic (exact) mass is 255 g/mol. The van der Waals surface area contributed by atoms with Crippen LogP contribution in [0.15, 0.2) is 0 Å². The largest absolute Gasteiger partial charge is 0.274 e. The van der Waals surface area contributed by atoms with Gasteiger partial charge in [-0.3, -0.25) is 4.79 Å². The lowest BCUT2D eigenvalue weighted by Crippen LogP contribution is -2.32. The molecule has 0 saturated carbocycles. The third kappa shape index (κ3) is 1.80. The summed E-state index contributed by atoms with van der Waals surface area (Å²) in [5.41, 5.74) is 0. The van der Waals surface area contributed by atoms with Gasteiger partial charge < -0.3 is 0 Å². The minimum absolute atomic E-state index is 0.145. The second-order valence-electron chi connectivity index (χ2n) is 2.96. The summed E-state index contributed by atoms with van der Waals surface area (Å²) in [6.07, 6.45) is 0.340. The normalized spacial score (nSPS) is 25.0. The first-order chi connectivity index (χ1) is 5.47. The maximum atomic E-state index is 11.2. The number of carbonyl (C=O) groups is 1. The van der Waals surface area contributed by atoms with Crippen LogP contribution in [0.3, 0.4) is 0 Å². The fourth-order valence-electron chi connectivity index (χ4n) is 1.18. The van der Waals surface area contributed by atoms with E-state index in [1.165, 1.54) is 0 Å². The Kier molecular flexibility index (Phi) is 2.77. The molecule has 1 unspecified atom stereocenters. The van der Waals surface area contributed by atoms with E-state index < -0.39 is 10.0 Å². The van der Waals surface area contributed by atoms with Gasteiger partial charge in [-0.05, 0) is 5.92 Å². The minimum atomic E-state index is -3.38. The molecule has 0 aromatic heterocycles. The van der Waals surface area contributed by atoms with Gasteiger partial charge in [0.2, 0.25) is 15.9 Å². The van der Waals surface area contributed by atoms with Gasteiger partial charge in [-0.25, -0.2) is 12.7 Å². The highest BCUT2D eigenvalue weighted by molar-refractivity contribution is 9.10. The summed E-state index contributed by atoms with van der Waals surface area (Å²) in [4.78, 5) is 11.1. The van der Waals surface area contributed by atoms with Crippen molar-refractivity contribution >= 4 is 31.9 Å². The van der Waals surface area contributed by atoms with Crippen molar-refractivity contribution in [1.82, 2.24) is 4.31 Å². The SMILES string of the molecule is CC1CC(=O)N(S(=O)(=O)CBr)C1. The smallest absolute Gasteiger partial charge is 0.247 e. The molecular formula is C6H10BrNO3S. The maximum absolute atomic E-state index is 11.2. The predicted octanol–water partition coefficient (Wildman–Crippen LogP) is 0.537. The van der Waals surface area contributed by atoms with Gasteiger partial charge in [0.05, 0.1) is 0 Å². The van der Waals surface area contributed by atoms with Gasteiger partial charge >= 0.3 is 0 Å². The van der Waals surface area contributed by atoms with Crippen molar-refractivity contribution in [3.8, 4) is 0 Å². The molecule has 12 heavy (non-hydrogen) atoms. The van der Waals surface area contributed by atoms with E-state index >= 15 is 0 Å². The Balaban J connectivity index is 2.85. The molecule has 1 aliphatic heterocycles. The number of sulfonamides is 1. The van der Waals surface area contributed by atoms with Gasteiger partial charge in [0, 0.05) is 13.0 Å². The zero-order valence-corrected chi connectivity index (χ0v) is 9.06. The van der Waals surface area contributed by atoms with Crippen molar-refractivity contribution in [3.63, 3.8) is 0 Å². The first-order valence-electron chi connectivity index (χ1n) is 3.56. The van der Waals surface area contributed by atoms with Crippen LogP contribution in [0.2, 0.25) is 0 Å². The molecule has 1 fully saturated rings. The van der Waals surface area contributed by atoms with Crippen molar-refractivity contribution in [2.45, 2.75) is 13.3 Å². The molecule has 4 nitrogen and oxygen atoms in total. The number of carbonyl (C=O) groups excluding carboxylic acids is 1. The molecule has 1 saturated heterocycles. The predicted molar refractivity (Wildman–Crippen MR) is 48.2 cm³/mol. The molecule has 1 amide bonds. The van der Waals surface area contributed by atoms with E-state index in [1.54, 1.807) is 0 Å². The molecule has 0 aromatic carbocycles. The van der Waals surface area contributed by atoms with Crippen LogP contribution in [0.4, 0.5) is 0 Å². The second kappa shape index (κ2) is 3.33. The van der Waals surface area contributed by atoms with Crippen molar-refractivity contribution < 1.29 is 13.2 Å². The number of hydrogen-bond donors (Lipinski definition) is 0. The number of rotatable bonds is 2. The lowest BCUT2D eigenvalue weighted by molar-refractivity contribution is -0.123. The van der Waals surface area contributed by atoms with Crippen LogP contribution in [-0.2, 0) is 14.8 Å². The summed E-state index contributed by atoms with van der Waals surface area (Å²) in [6, 6.07) is 0. The quantitative estimate of drug-likeness (QED) is 0.677. The van der Waals surface area contributed by atoms with E-state index in [9.17, 15) is 13.2 Å². The number of amides is 1. The van der Waals surface area contributed by atoms with Gasteiger partial charge in [-0.15, -0.1) is 0 Å². The summed E-state index contributed by atoms with van der Waals surface area (Å²) >= 11 is 2.85. The number of hydrogen-bond acceptors (Lipinski definition) is 3. The maximum Gasteiger partial charge on any atom is 0.247 e. The Morgan fingerprint density at radius 1 is 1.67 bits per heavy atom. The summed E-state index contributed by atoms with van der Waals surface area (Å²) in [6.45, 7) is 2.19. The van der Waals surface area contributed by atoms with Gasteiger partial charge in [-0.1, -0.05) is 22.9 Å². The number of halogens is 1. The highest BCUT2D eigenvalue weighted by Gasteiger charge is 2.34. The zero-order valence-electron chi connectivity index (χ0n) is 6.66. The van der Waals surface area contributed by atoms with E-state index in [0.29, 0.717) is 13.0 Å². The van der Waals surface area contributed by atoms with Gasteiger partial charge in [-0.2, -0.15) is 0 Å². The standard InChI is InChI=1S/C6H10BrNO3S/c1-5-2-6(9)8(3-5)12(10,11)4-7/h5H,2-4H2,1H3. The molecule has 6 heteroatoms. The molecular weight excluding hydrogens is 246 g/mol. The van der Waals surface area contributed by atoms with Gasteiger partial charge in [0.25, 0.3) is 0 Å². The topological polar surface area (TPSA) is 54.5 Å². The molecule has 1 heterocycles. The van der Waals surface area contributed by atoms with Gasteiger partial charge in [0.15, 0.2) is 0 Å². The van der Waals surface area contributed by atoms with Crippen LogP contribution in [-0.4, -0.2) is 29.8 Å². The second-order valence-corrected chi connectivity index (χ2v) is 6.15. The molecule has 1 rings (SSSR count). The molecule has 0 bridgehead atoms. The highest BCUT2D eigenvalue weighted by atomic mass is 79.9. The Hall–Kier alpha value is -0.100. The molecule has 1 aliphatic rings. The number of alkyl halides is 1. The third-order valence-electron chi connectivity index (χ3n) is 1.75. The van der Waals surface area contributed by atoms with Gasteiger partial charge in [0.1, 0.15) is 4.66 Å². The van der Waals surface area contributed by atoms with Crippen LogP contribution in [0, 0.1) is 5.92 Å². The molecule has 0 aromatic rings. The minimum Gasteiger partial charge on any atom is -0.274 e. The summed E-state index contributed by atoms with van der Waals surface area (Å²) in [5, 5.41) is 0. The van der Waals surface area contributed by atoms with E-state index in [0.717, 1.165) is 4.31 Å².